The molecule has 0 spiro atoms. The van der Waals surface area contributed by atoms with E-state index in [1.165, 1.54) is 0 Å². The molecule has 0 saturated heterocycles. The van der Waals surface area contributed by atoms with Crippen LogP contribution < -0.4 is 0 Å². The van der Waals surface area contributed by atoms with E-state index in [9.17, 15) is 4.79 Å². The monoisotopic (exact) mass is 168 g/mol. The van der Waals surface area contributed by atoms with Crippen molar-refractivity contribution >= 4 is 5.78 Å². The third kappa shape index (κ3) is 0.939. The molecule has 2 bridgehead atoms. The van der Waals surface area contributed by atoms with Crippen LogP contribution in [0.5, 0.6) is 0 Å². The molecule has 2 heteroatoms. The van der Waals surface area contributed by atoms with Crippen LogP contribution in [0.4, 0.5) is 0 Å². The Morgan fingerprint density at radius 3 is 2.25 bits per heavy atom. The van der Waals surface area contributed by atoms with Gasteiger partial charge in [-0.25, -0.2) is 0 Å². The van der Waals surface area contributed by atoms with Crippen LogP contribution in [0, 0.1) is 5.41 Å². The van der Waals surface area contributed by atoms with Crippen molar-refractivity contribution < 1.29 is 9.53 Å². The summed E-state index contributed by atoms with van der Waals surface area (Å²) in [4.78, 5) is 11.7. The topological polar surface area (TPSA) is 26.3 Å². The number of carbonyl (C=O) groups is 1. The Bertz CT molecular complexity index is 212. The Morgan fingerprint density at radius 2 is 1.83 bits per heavy atom. The van der Waals surface area contributed by atoms with Gasteiger partial charge in [0, 0.05) is 18.9 Å². The number of ether oxygens (including phenoxy) is 1. The van der Waals surface area contributed by atoms with Crippen LogP contribution in [-0.4, -0.2) is 18.5 Å². The van der Waals surface area contributed by atoms with E-state index in [1.54, 1.807) is 7.11 Å². The highest BCUT2D eigenvalue weighted by molar-refractivity contribution is 5.87. The lowest BCUT2D eigenvalue weighted by atomic mass is 9.59. The van der Waals surface area contributed by atoms with Gasteiger partial charge < -0.3 is 4.74 Å². The Kier molecular flexibility index (Phi) is 1.59. The molecule has 68 valence electrons. The quantitative estimate of drug-likeness (QED) is 0.598. The second kappa shape index (κ2) is 2.32. The van der Waals surface area contributed by atoms with Gasteiger partial charge in [-0.2, -0.15) is 0 Å². The molecule has 3 aliphatic rings. The first-order chi connectivity index (χ1) is 5.60. The SMILES string of the molecule is COC12CCC(C)(CC1)C(=O)C2. The van der Waals surface area contributed by atoms with Crippen molar-refractivity contribution in [1.82, 2.24) is 0 Å². The van der Waals surface area contributed by atoms with Gasteiger partial charge in [-0.3, -0.25) is 4.79 Å². The van der Waals surface area contributed by atoms with Gasteiger partial charge in [-0.05, 0) is 25.7 Å². The number of ketones is 1. The molecule has 0 aromatic rings. The van der Waals surface area contributed by atoms with E-state index in [-0.39, 0.29) is 11.0 Å². The first-order valence-corrected chi connectivity index (χ1v) is 4.69. The predicted molar refractivity (Wildman–Crippen MR) is 45.9 cm³/mol. The van der Waals surface area contributed by atoms with Crippen LogP contribution in [0.15, 0.2) is 0 Å². The van der Waals surface area contributed by atoms with E-state index in [1.807, 2.05) is 0 Å². The number of hydrogen-bond donors (Lipinski definition) is 0. The minimum atomic E-state index is -0.0746. The van der Waals surface area contributed by atoms with Crippen LogP contribution in [-0.2, 0) is 9.53 Å². The molecule has 3 aliphatic carbocycles. The third-order valence-corrected chi connectivity index (χ3v) is 3.85. The Labute approximate surface area is 73.3 Å². The van der Waals surface area contributed by atoms with Crippen LogP contribution in [0.2, 0.25) is 0 Å². The smallest absolute Gasteiger partial charge is 0.141 e. The Hall–Kier alpha value is -0.370. The first kappa shape index (κ1) is 8.24. The number of carbonyl (C=O) groups excluding carboxylic acids is 1. The standard InChI is InChI=1S/C10H16O2/c1-9-3-5-10(12-2,6-4-9)7-8(9)11/h3-7H2,1-2H3. The van der Waals surface area contributed by atoms with Gasteiger partial charge in [0.15, 0.2) is 0 Å². The summed E-state index contributed by atoms with van der Waals surface area (Å²) < 4.78 is 5.46. The molecule has 0 unspecified atom stereocenters. The molecule has 0 radical (unpaired) electrons. The largest absolute Gasteiger partial charge is 0.378 e. The van der Waals surface area contributed by atoms with Crippen molar-refractivity contribution in [2.24, 2.45) is 5.41 Å². The fourth-order valence-corrected chi connectivity index (χ4v) is 2.50. The van der Waals surface area contributed by atoms with E-state index in [4.69, 9.17) is 4.74 Å². The molecule has 2 nitrogen and oxygen atoms in total. The second-order valence-electron chi connectivity index (χ2n) is 4.55. The average Bonchev–Trinajstić information content (AvgIpc) is 2.08. The van der Waals surface area contributed by atoms with Gasteiger partial charge in [0.1, 0.15) is 5.78 Å². The van der Waals surface area contributed by atoms with Crippen molar-refractivity contribution in [3.63, 3.8) is 0 Å². The molecule has 0 amide bonds. The number of hydrogen-bond acceptors (Lipinski definition) is 2. The summed E-state index contributed by atoms with van der Waals surface area (Å²) in [6.07, 6.45) is 4.86. The van der Waals surface area contributed by atoms with Crippen molar-refractivity contribution in [1.29, 1.82) is 0 Å². The maximum Gasteiger partial charge on any atom is 0.141 e. The summed E-state index contributed by atoms with van der Waals surface area (Å²) in [5.41, 5.74) is -0.0743. The van der Waals surface area contributed by atoms with E-state index in [2.05, 4.69) is 6.92 Å². The van der Waals surface area contributed by atoms with Crippen molar-refractivity contribution in [3.05, 3.63) is 0 Å². The van der Waals surface area contributed by atoms with Crippen molar-refractivity contribution in [2.75, 3.05) is 7.11 Å². The minimum Gasteiger partial charge on any atom is -0.378 e. The second-order valence-corrected chi connectivity index (χ2v) is 4.55. The molecule has 3 fully saturated rings. The number of fused-ring (bicyclic) bond motifs is 3. The summed E-state index contributed by atoms with van der Waals surface area (Å²) >= 11 is 0. The lowest BCUT2D eigenvalue weighted by Crippen LogP contribution is -2.51. The van der Waals surface area contributed by atoms with E-state index in [0.29, 0.717) is 12.2 Å². The summed E-state index contributed by atoms with van der Waals surface area (Å²) in [7, 11) is 1.74. The molecule has 0 atom stereocenters. The summed E-state index contributed by atoms with van der Waals surface area (Å²) in [5, 5.41) is 0. The fraction of sp³-hybridized carbons (Fsp3) is 0.900. The number of Topliss-reactive ketones (excluding diaryl/α,β-unsaturated/α-hetero) is 1. The molecule has 3 saturated carbocycles. The summed E-state index contributed by atoms with van der Waals surface area (Å²) in [6, 6.07) is 0. The predicted octanol–water partition coefficient (Wildman–Crippen LogP) is 1.92. The van der Waals surface area contributed by atoms with Crippen molar-refractivity contribution in [3.8, 4) is 0 Å². The molecule has 0 aromatic carbocycles. The average molecular weight is 168 g/mol. The highest BCUT2D eigenvalue weighted by Crippen LogP contribution is 2.51. The van der Waals surface area contributed by atoms with Crippen LogP contribution in [0.1, 0.15) is 39.0 Å². The maximum atomic E-state index is 11.7. The van der Waals surface area contributed by atoms with Crippen LogP contribution in [0.25, 0.3) is 0 Å². The zero-order chi connectivity index (χ0) is 8.82. The fourth-order valence-electron chi connectivity index (χ4n) is 2.50. The highest BCUT2D eigenvalue weighted by atomic mass is 16.5. The lowest BCUT2D eigenvalue weighted by molar-refractivity contribution is -0.157. The molecule has 12 heavy (non-hydrogen) atoms. The maximum absolute atomic E-state index is 11.7. The molecule has 0 N–H and O–H groups in total. The molecular weight excluding hydrogens is 152 g/mol. The zero-order valence-electron chi connectivity index (χ0n) is 7.85. The number of rotatable bonds is 1. The molecule has 0 aliphatic heterocycles. The van der Waals surface area contributed by atoms with Gasteiger partial charge >= 0.3 is 0 Å². The third-order valence-electron chi connectivity index (χ3n) is 3.85. The lowest BCUT2D eigenvalue weighted by Gasteiger charge is -2.49. The first-order valence-electron chi connectivity index (χ1n) is 4.69. The molecule has 0 heterocycles. The number of methoxy groups -OCH3 is 1. The Balaban J connectivity index is 2.25. The van der Waals surface area contributed by atoms with Gasteiger partial charge in [0.25, 0.3) is 0 Å². The molecule has 3 rings (SSSR count). The van der Waals surface area contributed by atoms with Gasteiger partial charge in [-0.1, -0.05) is 6.92 Å². The van der Waals surface area contributed by atoms with Gasteiger partial charge in [0.2, 0.25) is 0 Å². The van der Waals surface area contributed by atoms with Gasteiger partial charge in [0.05, 0.1) is 5.60 Å². The highest BCUT2D eigenvalue weighted by Gasteiger charge is 2.51. The van der Waals surface area contributed by atoms with E-state index < -0.39 is 0 Å². The summed E-state index contributed by atoms with van der Waals surface area (Å²) in [6.45, 7) is 2.11. The molecule has 0 aromatic heterocycles. The zero-order valence-corrected chi connectivity index (χ0v) is 7.85. The summed E-state index contributed by atoms with van der Waals surface area (Å²) in [5.74, 6) is 0.418. The van der Waals surface area contributed by atoms with E-state index >= 15 is 0 Å². The van der Waals surface area contributed by atoms with Gasteiger partial charge in [-0.15, -0.1) is 0 Å². The van der Waals surface area contributed by atoms with Crippen molar-refractivity contribution in [2.45, 2.75) is 44.6 Å². The minimum absolute atomic E-state index is 0.000278. The molecular formula is C10H16O2. The normalized spacial score (nSPS) is 46.7. The van der Waals surface area contributed by atoms with E-state index in [0.717, 1.165) is 25.7 Å². The van der Waals surface area contributed by atoms with Crippen LogP contribution in [0.3, 0.4) is 0 Å². The van der Waals surface area contributed by atoms with Crippen LogP contribution >= 0.6 is 0 Å². The Morgan fingerprint density at radius 1 is 1.25 bits per heavy atom.